The summed E-state index contributed by atoms with van der Waals surface area (Å²) in [7, 11) is 0. The van der Waals surface area contributed by atoms with Crippen LogP contribution < -0.4 is 10.2 Å². The largest absolute Gasteiger partial charge is 0.447 e. The minimum Gasteiger partial charge on any atom is -0.447 e. The van der Waals surface area contributed by atoms with Crippen LogP contribution >= 0.6 is 23.2 Å². The van der Waals surface area contributed by atoms with E-state index in [1.807, 2.05) is 32.0 Å². The number of rotatable bonds is 6. The molecule has 1 aromatic rings. The molecule has 2 aliphatic rings. The summed E-state index contributed by atoms with van der Waals surface area (Å²) in [6.45, 7) is 8.97. The molecule has 1 saturated carbocycles. The molecule has 0 aromatic heterocycles. The first kappa shape index (κ1) is 22.5. The molecule has 1 aliphatic heterocycles. The molecule has 0 unspecified atom stereocenters. The zero-order valence-corrected chi connectivity index (χ0v) is 19.0. The molecule has 5 nitrogen and oxygen atoms in total. The van der Waals surface area contributed by atoms with Gasteiger partial charge >= 0.3 is 6.09 Å². The van der Waals surface area contributed by atoms with Crippen molar-refractivity contribution in [3.05, 3.63) is 28.2 Å². The highest BCUT2D eigenvalue weighted by molar-refractivity contribution is 6.43. The highest BCUT2D eigenvalue weighted by atomic mass is 35.5. The van der Waals surface area contributed by atoms with E-state index in [0.29, 0.717) is 10.0 Å². The molecule has 7 heteroatoms. The molecule has 1 aliphatic carbocycles. The zero-order chi connectivity index (χ0) is 20.8. The summed E-state index contributed by atoms with van der Waals surface area (Å²) in [6.07, 6.45) is 5.37. The van der Waals surface area contributed by atoms with Gasteiger partial charge in [-0.3, -0.25) is 4.90 Å². The smallest absolute Gasteiger partial charge is 0.407 e. The summed E-state index contributed by atoms with van der Waals surface area (Å²) in [5.74, 6) is 0.759. The van der Waals surface area contributed by atoms with Crippen LogP contribution in [0.5, 0.6) is 0 Å². The second kappa shape index (κ2) is 10.7. The number of nitrogens with one attached hydrogen (secondary N) is 1. The summed E-state index contributed by atoms with van der Waals surface area (Å²) >= 11 is 12.5. The topological polar surface area (TPSA) is 44.8 Å². The number of hydrogen-bond acceptors (Lipinski definition) is 4. The van der Waals surface area contributed by atoms with E-state index in [0.717, 1.165) is 57.2 Å². The van der Waals surface area contributed by atoms with Crippen LogP contribution in [0.1, 0.15) is 46.0 Å². The average Bonchev–Trinajstić information content (AvgIpc) is 2.69. The van der Waals surface area contributed by atoms with Crippen LogP contribution in [0.25, 0.3) is 0 Å². The molecule has 162 valence electrons. The van der Waals surface area contributed by atoms with Gasteiger partial charge in [0.25, 0.3) is 0 Å². The van der Waals surface area contributed by atoms with Gasteiger partial charge in [0.1, 0.15) is 0 Å². The SMILES string of the molecule is CC(C)OC(=O)NC1CCC(CCN2CCN(c3cccc(Cl)c3Cl)CC2)CC1. The monoisotopic (exact) mass is 441 g/mol. The van der Waals surface area contributed by atoms with Crippen molar-refractivity contribution in [3.8, 4) is 0 Å². The van der Waals surface area contributed by atoms with Gasteiger partial charge in [0.15, 0.2) is 0 Å². The predicted octanol–water partition coefficient (Wildman–Crippen LogP) is 5.20. The van der Waals surface area contributed by atoms with E-state index in [2.05, 4.69) is 15.1 Å². The maximum absolute atomic E-state index is 11.7. The Labute approximate surface area is 184 Å². The number of benzene rings is 1. The summed E-state index contributed by atoms with van der Waals surface area (Å²) in [5, 5.41) is 4.29. The lowest BCUT2D eigenvalue weighted by Gasteiger charge is -2.37. The Hall–Kier alpha value is -1.17. The standard InChI is InChI=1S/C22H33Cl2N3O2/c1-16(2)29-22(28)25-18-8-6-17(7-9-18)10-11-26-12-14-27(15-13-26)20-5-3-4-19(23)21(20)24/h3-5,16-18H,6-15H2,1-2H3,(H,25,28). The number of anilines is 1. The maximum atomic E-state index is 11.7. The van der Waals surface area contributed by atoms with Crippen LogP contribution in [0.4, 0.5) is 10.5 Å². The molecule has 1 aromatic carbocycles. The first-order valence-electron chi connectivity index (χ1n) is 10.8. The predicted molar refractivity (Wildman–Crippen MR) is 120 cm³/mol. The normalized spacial score (nSPS) is 23.3. The van der Waals surface area contributed by atoms with Crippen molar-refractivity contribution in [1.82, 2.24) is 10.2 Å². The number of amides is 1. The third kappa shape index (κ3) is 6.66. The molecule has 1 heterocycles. The highest BCUT2D eigenvalue weighted by Gasteiger charge is 2.25. The first-order valence-corrected chi connectivity index (χ1v) is 11.6. The van der Waals surface area contributed by atoms with Crippen LogP contribution in [-0.4, -0.2) is 55.9 Å². The van der Waals surface area contributed by atoms with Crippen molar-refractivity contribution >= 4 is 35.0 Å². The van der Waals surface area contributed by atoms with Gasteiger partial charge in [-0.05, 0) is 70.5 Å². The van der Waals surface area contributed by atoms with E-state index in [4.69, 9.17) is 27.9 Å². The summed E-state index contributed by atoms with van der Waals surface area (Å²) < 4.78 is 5.18. The van der Waals surface area contributed by atoms with E-state index in [9.17, 15) is 4.79 Å². The molecule has 29 heavy (non-hydrogen) atoms. The number of ether oxygens (including phenoxy) is 1. The van der Waals surface area contributed by atoms with Gasteiger partial charge < -0.3 is 15.0 Å². The fraction of sp³-hybridized carbons (Fsp3) is 0.682. The van der Waals surface area contributed by atoms with Crippen LogP contribution in [0.15, 0.2) is 18.2 Å². The minimum absolute atomic E-state index is 0.0679. The van der Waals surface area contributed by atoms with E-state index < -0.39 is 0 Å². The third-order valence-corrected chi connectivity index (χ3v) is 6.82. The quantitative estimate of drug-likeness (QED) is 0.658. The maximum Gasteiger partial charge on any atom is 0.407 e. The van der Waals surface area contributed by atoms with Crippen molar-refractivity contribution in [2.45, 2.75) is 58.1 Å². The van der Waals surface area contributed by atoms with Crippen LogP contribution in [0, 0.1) is 5.92 Å². The van der Waals surface area contributed by atoms with Crippen LogP contribution in [-0.2, 0) is 4.74 Å². The molecular weight excluding hydrogens is 409 g/mol. The number of piperazine rings is 1. The van der Waals surface area contributed by atoms with Gasteiger partial charge in [-0.25, -0.2) is 4.79 Å². The highest BCUT2D eigenvalue weighted by Crippen LogP contribution is 2.33. The van der Waals surface area contributed by atoms with Crippen LogP contribution in [0.2, 0.25) is 10.0 Å². The molecule has 0 atom stereocenters. The lowest BCUT2D eigenvalue weighted by Crippen LogP contribution is -2.47. The lowest BCUT2D eigenvalue weighted by atomic mass is 9.84. The number of halogens is 2. The third-order valence-electron chi connectivity index (χ3n) is 6.01. The van der Waals surface area contributed by atoms with Crippen molar-refractivity contribution in [2.24, 2.45) is 5.92 Å². The fourth-order valence-corrected chi connectivity index (χ4v) is 4.74. The summed E-state index contributed by atoms with van der Waals surface area (Å²) in [6, 6.07) is 6.11. The molecule has 1 amide bonds. The molecule has 0 bridgehead atoms. The molecule has 2 fully saturated rings. The average molecular weight is 442 g/mol. The van der Waals surface area contributed by atoms with Gasteiger partial charge in [0, 0.05) is 32.2 Å². The minimum atomic E-state index is -0.277. The van der Waals surface area contributed by atoms with Gasteiger partial charge in [0.05, 0.1) is 21.8 Å². The molecule has 0 spiro atoms. The Bertz CT molecular complexity index is 670. The van der Waals surface area contributed by atoms with E-state index in [1.54, 1.807) is 0 Å². The first-order chi connectivity index (χ1) is 13.9. The molecule has 1 saturated heterocycles. The van der Waals surface area contributed by atoms with Gasteiger partial charge in [-0.1, -0.05) is 29.3 Å². The van der Waals surface area contributed by atoms with Gasteiger partial charge in [-0.15, -0.1) is 0 Å². The molecule has 1 N–H and O–H groups in total. The van der Waals surface area contributed by atoms with E-state index in [1.165, 1.54) is 19.3 Å². The molecular formula is C22H33Cl2N3O2. The molecule has 0 radical (unpaired) electrons. The zero-order valence-electron chi connectivity index (χ0n) is 17.5. The van der Waals surface area contributed by atoms with Crippen molar-refractivity contribution < 1.29 is 9.53 Å². The van der Waals surface area contributed by atoms with Crippen molar-refractivity contribution in [2.75, 3.05) is 37.6 Å². The Morgan fingerprint density at radius 2 is 1.83 bits per heavy atom. The van der Waals surface area contributed by atoms with Crippen molar-refractivity contribution in [3.63, 3.8) is 0 Å². The van der Waals surface area contributed by atoms with Crippen molar-refractivity contribution in [1.29, 1.82) is 0 Å². The number of carbonyl (C=O) groups is 1. The van der Waals surface area contributed by atoms with Gasteiger partial charge in [-0.2, -0.15) is 0 Å². The lowest BCUT2D eigenvalue weighted by molar-refractivity contribution is 0.108. The van der Waals surface area contributed by atoms with Crippen LogP contribution in [0.3, 0.4) is 0 Å². The Balaban J connectivity index is 1.34. The molecule has 3 rings (SSSR count). The fourth-order valence-electron chi connectivity index (χ4n) is 4.32. The second-order valence-electron chi connectivity index (χ2n) is 8.51. The Morgan fingerprint density at radius 1 is 1.14 bits per heavy atom. The second-order valence-corrected chi connectivity index (χ2v) is 9.29. The number of hydrogen-bond donors (Lipinski definition) is 1. The Morgan fingerprint density at radius 3 is 2.48 bits per heavy atom. The van der Waals surface area contributed by atoms with E-state index in [-0.39, 0.29) is 18.2 Å². The summed E-state index contributed by atoms with van der Waals surface area (Å²) in [4.78, 5) is 16.6. The van der Waals surface area contributed by atoms with E-state index >= 15 is 0 Å². The van der Waals surface area contributed by atoms with Gasteiger partial charge in [0.2, 0.25) is 0 Å². The summed E-state index contributed by atoms with van der Waals surface area (Å²) in [5.41, 5.74) is 1.04. The number of carbonyl (C=O) groups excluding carboxylic acids is 1. The Kier molecular flexibility index (Phi) is 8.34. The number of alkyl carbamates (subject to hydrolysis) is 1. The number of nitrogens with zero attached hydrogens (tertiary/aromatic N) is 2.